The van der Waals surface area contributed by atoms with Crippen LogP contribution in [-0.2, 0) is 0 Å². The van der Waals surface area contributed by atoms with E-state index in [0.29, 0.717) is 17.6 Å². The Bertz CT molecular complexity index is 1410. The van der Waals surface area contributed by atoms with E-state index in [9.17, 15) is 0 Å². The molecule has 0 saturated heterocycles. The highest BCUT2D eigenvalue weighted by atomic mass is 16.5. The fourth-order valence-corrected chi connectivity index (χ4v) is 3.62. The Balaban J connectivity index is 1.40. The maximum atomic E-state index is 6.14. The first-order chi connectivity index (χ1) is 15.6. The number of nitrogens with zero attached hydrogens (tertiary/aromatic N) is 4. The van der Waals surface area contributed by atoms with Crippen molar-refractivity contribution in [2.24, 2.45) is 0 Å². The highest BCUT2D eigenvalue weighted by Gasteiger charge is 2.13. The van der Waals surface area contributed by atoms with Gasteiger partial charge in [0, 0.05) is 18.1 Å². The summed E-state index contributed by atoms with van der Waals surface area (Å²) in [6, 6.07) is 16.0. The second kappa shape index (κ2) is 8.11. The van der Waals surface area contributed by atoms with Crippen LogP contribution in [0.25, 0.3) is 22.4 Å². The number of oxazole rings is 1. The van der Waals surface area contributed by atoms with Crippen molar-refractivity contribution in [2.75, 3.05) is 5.32 Å². The molecule has 5 aromatic rings. The van der Waals surface area contributed by atoms with Crippen molar-refractivity contribution >= 4 is 22.8 Å². The molecule has 0 saturated carbocycles. The molecule has 1 N–H and O–H groups in total. The topological polar surface area (TPSA) is 86.0 Å². The number of hydrogen-bond donors (Lipinski definition) is 1. The predicted octanol–water partition coefficient (Wildman–Crippen LogP) is 6.14. The largest absolute Gasteiger partial charge is 0.438 e. The first-order valence-electron chi connectivity index (χ1n) is 10.2. The maximum absolute atomic E-state index is 6.14. The third kappa shape index (κ3) is 3.88. The lowest BCUT2D eigenvalue weighted by molar-refractivity contribution is 0.461. The molecular formula is C25H21N5O2. The van der Waals surface area contributed by atoms with Crippen molar-refractivity contribution in [3.05, 3.63) is 83.9 Å². The highest BCUT2D eigenvalue weighted by molar-refractivity contribution is 5.79. The second-order valence-electron chi connectivity index (χ2n) is 7.61. The van der Waals surface area contributed by atoms with Gasteiger partial charge in [-0.3, -0.25) is 0 Å². The van der Waals surface area contributed by atoms with Crippen LogP contribution in [0.5, 0.6) is 11.6 Å². The van der Waals surface area contributed by atoms with Gasteiger partial charge in [0.05, 0.1) is 11.3 Å². The lowest BCUT2D eigenvalue weighted by atomic mass is 10.1. The Morgan fingerprint density at radius 1 is 0.906 bits per heavy atom. The third-order valence-corrected chi connectivity index (χ3v) is 5.08. The van der Waals surface area contributed by atoms with Crippen molar-refractivity contribution in [2.45, 2.75) is 20.8 Å². The number of benzene rings is 2. The smallest absolute Gasteiger partial charge is 0.300 e. The lowest BCUT2D eigenvalue weighted by Crippen LogP contribution is -1.96. The van der Waals surface area contributed by atoms with Gasteiger partial charge in [0.15, 0.2) is 5.58 Å². The highest BCUT2D eigenvalue weighted by Crippen LogP contribution is 2.33. The molecule has 0 spiro atoms. The van der Waals surface area contributed by atoms with Crippen LogP contribution >= 0.6 is 0 Å². The summed E-state index contributed by atoms with van der Waals surface area (Å²) in [7, 11) is 0. The third-order valence-electron chi connectivity index (χ3n) is 5.08. The number of aryl methyl sites for hydroxylation is 3. The zero-order valence-electron chi connectivity index (χ0n) is 18.0. The van der Waals surface area contributed by atoms with E-state index in [2.05, 4.69) is 31.3 Å². The number of rotatable bonds is 5. The van der Waals surface area contributed by atoms with Gasteiger partial charge in [-0.05, 0) is 79.9 Å². The van der Waals surface area contributed by atoms with E-state index in [1.54, 1.807) is 12.4 Å². The Morgan fingerprint density at radius 2 is 1.81 bits per heavy atom. The van der Waals surface area contributed by atoms with Gasteiger partial charge in [-0.15, -0.1) is 0 Å². The average Bonchev–Trinajstić information content (AvgIpc) is 3.19. The van der Waals surface area contributed by atoms with E-state index in [4.69, 9.17) is 9.15 Å². The fourth-order valence-electron chi connectivity index (χ4n) is 3.62. The number of pyridine rings is 1. The molecule has 32 heavy (non-hydrogen) atoms. The molecule has 0 amide bonds. The number of anilines is 2. The molecule has 7 heteroatoms. The number of ether oxygens (including phenoxy) is 1. The van der Waals surface area contributed by atoms with Crippen molar-refractivity contribution < 1.29 is 9.15 Å². The van der Waals surface area contributed by atoms with Gasteiger partial charge in [0.1, 0.15) is 17.6 Å². The van der Waals surface area contributed by atoms with Gasteiger partial charge in [-0.25, -0.2) is 15.0 Å². The molecule has 0 unspecified atom stereocenters. The van der Waals surface area contributed by atoms with Crippen LogP contribution in [0.4, 0.5) is 11.7 Å². The summed E-state index contributed by atoms with van der Waals surface area (Å²) in [4.78, 5) is 17.2. The molecule has 0 aliphatic heterocycles. The molecule has 3 aromatic heterocycles. The minimum Gasteiger partial charge on any atom is -0.438 e. The predicted molar refractivity (Wildman–Crippen MR) is 123 cm³/mol. The molecule has 0 atom stereocenters. The average molecular weight is 423 g/mol. The zero-order valence-corrected chi connectivity index (χ0v) is 18.0. The number of fused-ring (bicyclic) bond motifs is 1. The van der Waals surface area contributed by atoms with Crippen molar-refractivity contribution in [3.63, 3.8) is 0 Å². The summed E-state index contributed by atoms with van der Waals surface area (Å²) in [5, 5.41) is 3.24. The van der Waals surface area contributed by atoms with Gasteiger partial charge in [-0.2, -0.15) is 4.98 Å². The molecule has 158 valence electrons. The minimum atomic E-state index is 0.456. The fraction of sp³-hybridized carbons (Fsp3) is 0.120. The van der Waals surface area contributed by atoms with Gasteiger partial charge in [0.2, 0.25) is 5.88 Å². The summed E-state index contributed by atoms with van der Waals surface area (Å²) >= 11 is 0. The molecule has 0 bridgehead atoms. The van der Waals surface area contributed by atoms with Crippen LogP contribution in [0.1, 0.15) is 16.7 Å². The van der Waals surface area contributed by atoms with Gasteiger partial charge in [-0.1, -0.05) is 6.07 Å². The lowest BCUT2D eigenvalue weighted by Gasteiger charge is -2.12. The maximum Gasteiger partial charge on any atom is 0.300 e. The van der Waals surface area contributed by atoms with E-state index in [-0.39, 0.29) is 0 Å². The number of hydrogen-bond acceptors (Lipinski definition) is 7. The van der Waals surface area contributed by atoms with Crippen LogP contribution in [0.3, 0.4) is 0 Å². The normalized spacial score (nSPS) is 11.0. The van der Waals surface area contributed by atoms with E-state index in [1.165, 1.54) is 6.33 Å². The molecule has 3 heterocycles. The molecular weight excluding hydrogens is 402 g/mol. The van der Waals surface area contributed by atoms with Crippen molar-refractivity contribution in [1.82, 2.24) is 19.9 Å². The van der Waals surface area contributed by atoms with E-state index in [0.717, 1.165) is 44.7 Å². The monoisotopic (exact) mass is 423 g/mol. The van der Waals surface area contributed by atoms with Gasteiger partial charge >= 0.3 is 0 Å². The van der Waals surface area contributed by atoms with Crippen LogP contribution in [-0.4, -0.2) is 19.9 Å². The molecule has 0 radical (unpaired) electrons. The second-order valence-corrected chi connectivity index (χ2v) is 7.61. The van der Waals surface area contributed by atoms with Crippen molar-refractivity contribution in [1.29, 1.82) is 0 Å². The molecule has 5 rings (SSSR count). The summed E-state index contributed by atoms with van der Waals surface area (Å²) < 4.78 is 12.1. The molecule has 0 aliphatic rings. The first kappa shape index (κ1) is 19.7. The first-order valence-corrected chi connectivity index (χ1v) is 10.2. The molecule has 0 aliphatic carbocycles. The molecule has 7 nitrogen and oxygen atoms in total. The SMILES string of the molecule is Cc1cc(C)c2oc(Nc3ccc(Oc4ncccc4-c4ccncn4)c(C)c3)nc2c1. The van der Waals surface area contributed by atoms with E-state index in [1.807, 2.05) is 63.2 Å². The Morgan fingerprint density at radius 3 is 2.62 bits per heavy atom. The Labute approximate surface area is 185 Å². The minimum absolute atomic E-state index is 0.456. The van der Waals surface area contributed by atoms with Gasteiger partial charge < -0.3 is 14.5 Å². The summed E-state index contributed by atoms with van der Waals surface area (Å²) in [6.07, 6.45) is 4.90. The Hall–Kier alpha value is -4.26. The van der Waals surface area contributed by atoms with Crippen LogP contribution in [0, 0.1) is 20.8 Å². The summed E-state index contributed by atoms with van der Waals surface area (Å²) in [5.41, 5.74) is 7.20. The number of nitrogens with one attached hydrogen (secondary N) is 1. The molecule has 0 fully saturated rings. The van der Waals surface area contributed by atoms with Gasteiger partial charge in [0.25, 0.3) is 6.01 Å². The van der Waals surface area contributed by atoms with Crippen LogP contribution in [0.2, 0.25) is 0 Å². The summed E-state index contributed by atoms with van der Waals surface area (Å²) in [5.74, 6) is 1.19. The zero-order chi connectivity index (χ0) is 22.1. The quantitative estimate of drug-likeness (QED) is 0.363. The Kier molecular flexibility index (Phi) is 4.99. The standard InChI is InChI=1S/C25H21N5O2/c1-15-11-17(3)23-21(12-15)30-25(32-23)29-18-6-7-22(16(2)13-18)31-24-19(5-4-9-27-24)20-8-10-26-14-28-20/h4-14H,1-3H3,(H,29,30). The van der Waals surface area contributed by atoms with E-state index < -0.39 is 0 Å². The molecule has 2 aromatic carbocycles. The summed E-state index contributed by atoms with van der Waals surface area (Å²) in [6.45, 7) is 6.05. The van der Waals surface area contributed by atoms with Crippen LogP contribution in [0.15, 0.2) is 71.7 Å². The van der Waals surface area contributed by atoms with E-state index >= 15 is 0 Å². The number of aromatic nitrogens is 4. The van der Waals surface area contributed by atoms with Crippen LogP contribution < -0.4 is 10.1 Å². The van der Waals surface area contributed by atoms with Crippen molar-refractivity contribution in [3.8, 4) is 22.9 Å².